The largest absolute Gasteiger partial charge is 0.461 e. The van der Waals surface area contributed by atoms with Crippen LogP contribution in [0.15, 0.2) is 0 Å². The molecule has 1 rings (SSSR count). The van der Waals surface area contributed by atoms with Crippen molar-refractivity contribution in [3.8, 4) is 0 Å². The first-order valence-corrected chi connectivity index (χ1v) is 9.07. The van der Waals surface area contributed by atoms with Crippen molar-refractivity contribution in [2.24, 2.45) is 7.05 Å². The lowest BCUT2D eigenvalue weighted by Crippen LogP contribution is -2.45. The molecule has 1 heterocycles. The molecule has 0 bridgehead atoms. The van der Waals surface area contributed by atoms with Crippen molar-refractivity contribution in [3.63, 3.8) is 0 Å². The summed E-state index contributed by atoms with van der Waals surface area (Å²) < 4.78 is 6.77. The third-order valence-electron chi connectivity index (χ3n) is 4.21. The van der Waals surface area contributed by atoms with E-state index in [0.717, 1.165) is 6.42 Å². The number of ketones is 1. The van der Waals surface area contributed by atoms with Crippen molar-refractivity contribution < 1.29 is 19.1 Å². The van der Waals surface area contributed by atoms with Crippen LogP contribution in [0.3, 0.4) is 0 Å². The molecule has 146 valence electrons. The van der Waals surface area contributed by atoms with Crippen molar-refractivity contribution in [2.45, 2.75) is 54.0 Å². The summed E-state index contributed by atoms with van der Waals surface area (Å²) in [4.78, 5) is 39.0. The molecule has 1 aromatic rings. The zero-order chi connectivity index (χ0) is 20.0. The Morgan fingerprint density at radius 2 is 1.81 bits per heavy atom. The van der Waals surface area contributed by atoms with Gasteiger partial charge in [0.15, 0.2) is 5.78 Å². The molecule has 26 heavy (non-hydrogen) atoms. The SMILES string of the molecule is CCCN(CC(=O)c1c(C)c(C(=O)OCC)n(C)c1C)C(=O)NC(C)C. The zero-order valence-corrected chi connectivity index (χ0v) is 16.9. The van der Waals surface area contributed by atoms with Crippen LogP contribution in [-0.4, -0.2) is 53.0 Å². The van der Waals surface area contributed by atoms with Gasteiger partial charge in [-0.15, -0.1) is 0 Å². The lowest BCUT2D eigenvalue weighted by atomic mass is 10.1. The first-order chi connectivity index (χ1) is 12.1. The van der Waals surface area contributed by atoms with Gasteiger partial charge < -0.3 is 19.5 Å². The summed E-state index contributed by atoms with van der Waals surface area (Å²) in [5.41, 5.74) is 2.14. The third-order valence-corrected chi connectivity index (χ3v) is 4.21. The molecule has 0 aromatic carbocycles. The fraction of sp³-hybridized carbons (Fsp3) is 0.632. The third kappa shape index (κ3) is 4.86. The number of ether oxygens (including phenoxy) is 1. The van der Waals surface area contributed by atoms with E-state index < -0.39 is 5.97 Å². The van der Waals surface area contributed by atoms with Gasteiger partial charge in [0.2, 0.25) is 0 Å². The molecule has 0 aliphatic carbocycles. The molecule has 0 radical (unpaired) electrons. The van der Waals surface area contributed by atoms with E-state index in [4.69, 9.17) is 4.74 Å². The Kier molecular flexibility index (Phi) is 7.86. The number of nitrogens with zero attached hydrogens (tertiary/aromatic N) is 2. The summed E-state index contributed by atoms with van der Waals surface area (Å²) in [7, 11) is 1.74. The van der Waals surface area contributed by atoms with Crippen LogP contribution in [-0.2, 0) is 11.8 Å². The van der Waals surface area contributed by atoms with E-state index in [9.17, 15) is 14.4 Å². The van der Waals surface area contributed by atoms with Gasteiger partial charge in [0.25, 0.3) is 0 Å². The summed E-state index contributed by atoms with van der Waals surface area (Å²) in [5, 5.41) is 2.82. The monoisotopic (exact) mass is 365 g/mol. The minimum Gasteiger partial charge on any atom is -0.461 e. The highest BCUT2D eigenvalue weighted by Crippen LogP contribution is 2.23. The van der Waals surface area contributed by atoms with Gasteiger partial charge in [0, 0.05) is 30.9 Å². The first kappa shape index (κ1) is 21.7. The van der Waals surface area contributed by atoms with E-state index in [1.807, 2.05) is 20.8 Å². The topological polar surface area (TPSA) is 80.6 Å². The molecule has 1 N–H and O–H groups in total. The van der Waals surface area contributed by atoms with Crippen molar-refractivity contribution in [2.75, 3.05) is 19.7 Å². The van der Waals surface area contributed by atoms with Crippen molar-refractivity contribution >= 4 is 17.8 Å². The lowest BCUT2D eigenvalue weighted by molar-refractivity contribution is 0.0514. The Bertz CT molecular complexity index is 677. The normalized spacial score (nSPS) is 10.8. The fourth-order valence-corrected chi connectivity index (χ4v) is 2.99. The molecule has 0 unspecified atom stereocenters. The lowest BCUT2D eigenvalue weighted by Gasteiger charge is -2.23. The van der Waals surface area contributed by atoms with E-state index >= 15 is 0 Å². The number of carbonyl (C=O) groups excluding carboxylic acids is 3. The van der Waals surface area contributed by atoms with E-state index in [2.05, 4.69) is 5.32 Å². The number of hydrogen-bond donors (Lipinski definition) is 1. The average Bonchev–Trinajstić information content (AvgIpc) is 2.76. The van der Waals surface area contributed by atoms with E-state index in [-0.39, 0.29) is 31.0 Å². The van der Waals surface area contributed by atoms with Gasteiger partial charge in [-0.25, -0.2) is 9.59 Å². The Morgan fingerprint density at radius 3 is 2.31 bits per heavy atom. The Morgan fingerprint density at radius 1 is 1.19 bits per heavy atom. The molecule has 7 heteroatoms. The number of hydrogen-bond acceptors (Lipinski definition) is 4. The van der Waals surface area contributed by atoms with Crippen LogP contribution in [0.25, 0.3) is 0 Å². The van der Waals surface area contributed by atoms with Crippen LogP contribution in [0.4, 0.5) is 4.79 Å². The van der Waals surface area contributed by atoms with Gasteiger partial charge in [-0.1, -0.05) is 6.92 Å². The Balaban J connectivity index is 3.14. The van der Waals surface area contributed by atoms with Crippen LogP contribution >= 0.6 is 0 Å². The maximum atomic E-state index is 12.9. The number of carbonyl (C=O) groups is 3. The molecule has 0 fully saturated rings. The van der Waals surface area contributed by atoms with Crippen molar-refractivity contribution in [1.29, 1.82) is 0 Å². The van der Waals surface area contributed by atoms with Crippen molar-refractivity contribution in [3.05, 3.63) is 22.5 Å². The van der Waals surface area contributed by atoms with Crippen LogP contribution in [0.2, 0.25) is 0 Å². The Hall–Kier alpha value is -2.31. The highest BCUT2D eigenvalue weighted by molar-refractivity contribution is 6.04. The molecule has 0 saturated carbocycles. The second kappa shape index (κ2) is 9.40. The van der Waals surface area contributed by atoms with Crippen LogP contribution < -0.4 is 5.32 Å². The number of Topliss-reactive ketones (excluding diaryl/α,β-unsaturated/α-hetero) is 1. The molecule has 1 aromatic heterocycles. The molecule has 7 nitrogen and oxygen atoms in total. The number of nitrogens with one attached hydrogen (secondary N) is 1. The predicted octanol–water partition coefficient (Wildman–Crippen LogP) is 2.83. The summed E-state index contributed by atoms with van der Waals surface area (Å²) in [6, 6.07) is -0.264. The van der Waals surface area contributed by atoms with Gasteiger partial charge in [0.1, 0.15) is 5.69 Å². The van der Waals surface area contributed by atoms with E-state index in [1.54, 1.807) is 32.4 Å². The maximum Gasteiger partial charge on any atom is 0.355 e. The minimum atomic E-state index is -0.447. The van der Waals surface area contributed by atoms with E-state index in [1.165, 1.54) is 4.90 Å². The van der Waals surface area contributed by atoms with Gasteiger partial charge >= 0.3 is 12.0 Å². The Labute approximate surface area is 155 Å². The molecule has 0 aliphatic heterocycles. The predicted molar refractivity (Wildman–Crippen MR) is 101 cm³/mol. The maximum absolute atomic E-state index is 12.9. The number of amides is 2. The summed E-state index contributed by atoms with van der Waals surface area (Å²) in [5.74, 6) is -0.629. The number of esters is 1. The molecule has 0 saturated heterocycles. The fourth-order valence-electron chi connectivity index (χ4n) is 2.99. The summed E-state index contributed by atoms with van der Waals surface area (Å²) in [6.45, 7) is 11.7. The van der Waals surface area contributed by atoms with Gasteiger partial charge in [0.05, 0.1) is 13.2 Å². The van der Waals surface area contributed by atoms with Crippen LogP contribution in [0.1, 0.15) is 66.2 Å². The molecular formula is C19H31N3O4. The minimum absolute atomic E-state index is 0.00688. The highest BCUT2D eigenvalue weighted by Gasteiger charge is 2.27. The average molecular weight is 365 g/mol. The summed E-state index contributed by atoms with van der Waals surface area (Å²) in [6.07, 6.45) is 0.750. The number of rotatable bonds is 8. The molecular weight excluding hydrogens is 334 g/mol. The van der Waals surface area contributed by atoms with E-state index in [0.29, 0.717) is 29.1 Å². The van der Waals surface area contributed by atoms with Crippen molar-refractivity contribution in [1.82, 2.24) is 14.8 Å². The standard InChI is InChI=1S/C19H31N3O4/c1-8-10-22(19(25)20-12(3)4)11-15(23)16-13(5)17(18(24)26-9-2)21(7)14(16)6/h12H,8-11H2,1-7H3,(H,20,25). The van der Waals surface area contributed by atoms with Gasteiger partial charge in [-0.2, -0.15) is 0 Å². The molecule has 0 aliphatic rings. The smallest absolute Gasteiger partial charge is 0.355 e. The van der Waals surface area contributed by atoms with Gasteiger partial charge in [-0.3, -0.25) is 4.79 Å². The first-order valence-electron chi connectivity index (χ1n) is 9.07. The number of urea groups is 1. The van der Waals surface area contributed by atoms with Crippen LogP contribution in [0.5, 0.6) is 0 Å². The quantitative estimate of drug-likeness (QED) is 0.567. The molecule has 2 amide bonds. The summed E-state index contributed by atoms with van der Waals surface area (Å²) >= 11 is 0. The molecule has 0 atom stereocenters. The number of aromatic nitrogens is 1. The molecule has 0 spiro atoms. The zero-order valence-electron chi connectivity index (χ0n) is 16.9. The van der Waals surface area contributed by atoms with Crippen LogP contribution in [0, 0.1) is 13.8 Å². The van der Waals surface area contributed by atoms with Gasteiger partial charge in [-0.05, 0) is 46.6 Å². The second-order valence-electron chi connectivity index (χ2n) is 6.66. The second-order valence-corrected chi connectivity index (χ2v) is 6.66. The highest BCUT2D eigenvalue weighted by atomic mass is 16.5.